The van der Waals surface area contributed by atoms with E-state index in [1.807, 2.05) is 30.5 Å². The molecule has 2 aromatic carbocycles. The van der Waals surface area contributed by atoms with Gasteiger partial charge in [0.1, 0.15) is 0 Å². The van der Waals surface area contributed by atoms with Crippen LogP contribution in [0.5, 0.6) is 0 Å². The van der Waals surface area contributed by atoms with Crippen molar-refractivity contribution in [3.63, 3.8) is 0 Å². The van der Waals surface area contributed by atoms with Crippen LogP contribution in [-0.2, 0) is 6.42 Å². The first kappa shape index (κ1) is 12.8. The predicted octanol–water partition coefficient (Wildman–Crippen LogP) is 3.97. The number of hydrogen-bond donors (Lipinski definition) is 2. The molecule has 4 rings (SSSR count). The van der Waals surface area contributed by atoms with Gasteiger partial charge in [0.15, 0.2) is 0 Å². The maximum atomic E-state index is 4.42. The van der Waals surface area contributed by atoms with Gasteiger partial charge in [-0.15, -0.1) is 0 Å². The van der Waals surface area contributed by atoms with Crippen LogP contribution in [0.25, 0.3) is 17.1 Å². The monoisotopic (exact) mass is 288 g/mol. The van der Waals surface area contributed by atoms with Crippen molar-refractivity contribution >= 4 is 29.3 Å². The standard InChI is InChI=1S/C18H16N4/c1-2-6-15-11-13(9-10-14(15)5-1)12-19-22-18-20-16-7-3-4-8-17(16)21-18/h2-4,6-12H,1,5H2,(H2,20,21,22)/b19-12+. The Morgan fingerprint density at radius 1 is 1.18 bits per heavy atom. The van der Waals surface area contributed by atoms with Crippen molar-refractivity contribution in [3.8, 4) is 0 Å². The van der Waals surface area contributed by atoms with Gasteiger partial charge in [0, 0.05) is 0 Å². The third-order valence-electron chi connectivity index (χ3n) is 3.82. The summed E-state index contributed by atoms with van der Waals surface area (Å²) in [7, 11) is 0. The zero-order chi connectivity index (χ0) is 14.8. The number of imidazole rings is 1. The highest BCUT2D eigenvalue weighted by Crippen LogP contribution is 2.20. The Kier molecular flexibility index (Phi) is 3.20. The van der Waals surface area contributed by atoms with Gasteiger partial charge in [0.2, 0.25) is 5.95 Å². The van der Waals surface area contributed by atoms with E-state index < -0.39 is 0 Å². The van der Waals surface area contributed by atoms with Crippen molar-refractivity contribution in [1.82, 2.24) is 9.97 Å². The lowest BCUT2D eigenvalue weighted by Crippen LogP contribution is -1.96. The van der Waals surface area contributed by atoms with Gasteiger partial charge in [0.25, 0.3) is 0 Å². The first-order chi connectivity index (χ1) is 10.9. The van der Waals surface area contributed by atoms with Gasteiger partial charge in [-0.2, -0.15) is 5.10 Å². The van der Waals surface area contributed by atoms with Crippen molar-refractivity contribution < 1.29 is 0 Å². The number of hydrogen-bond acceptors (Lipinski definition) is 3. The highest BCUT2D eigenvalue weighted by Gasteiger charge is 2.04. The van der Waals surface area contributed by atoms with Gasteiger partial charge in [0.05, 0.1) is 17.2 Å². The van der Waals surface area contributed by atoms with Gasteiger partial charge in [-0.1, -0.05) is 36.4 Å². The third-order valence-corrected chi connectivity index (χ3v) is 3.82. The zero-order valence-corrected chi connectivity index (χ0v) is 12.1. The summed E-state index contributed by atoms with van der Waals surface area (Å²) in [5.41, 5.74) is 8.65. The fourth-order valence-corrected chi connectivity index (χ4v) is 2.70. The fourth-order valence-electron chi connectivity index (χ4n) is 2.70. The average Bonchev–Trinajstić information content (AvgIpc) is 2.97. The van der Waals surface area contributed by atoms with Gasteiger partial charge >= 0.3 is 0 Å². The van der Waals surface area contributed by atoms with Crippen LogP contribution in [0, 0.1) is 0 Å². The molecule has 0 saturated carbocycles. The lowest BCUT2D eigenvalue weighted by molar-refractivity contribution is 0.985. The van der Waals surface area contributed by atoms with Crippen LogP contribution >= 0.6 is 0 Å². The Morgan fingerprint density at radius 3 is 3.09 bits per heavy atom. The first-order valence-electron chi connectivity index (χ1n) is 7.42. The normalized spacial score (nSPS) is 13.6. The van der Waals surface area contributed by atoms with Crippen molar-refractivity contribution in [2.75, 3.05) is 5.43 Å². The largest absolute Gasteiger partial charge is 0.323 e. The number of benzene rings is 2. The minimum absolute atomic E-state index is 0.648. The number of nitrogens with one attached hydrogen (secondary N) is 2. The fraction of sp³-hybridized carbons (Fsp3) is 0.111. The minimum Gasteiger partial charge on any atom is -0.323 e. The van der Waals surface area contributed by atoms with Crippen LogP contribution in [0.4, 0.5) is 5.95 Å². The van der Waals surface area contributed by atoms with Crippen LogP contribution in [0.2, 0.25) is 0 Å². The van der Waals surface area contributed by atoms with E-state index >= 15 is 0 Å². The van der Waals surface area contributed by atoms with Gasteiger partial charge in [-0.3, -0.25) is 0 Å². The van der Waals surface area contributed by atoms with E-state index in [1.54, 1.807) is 0 Å². The summed E-state index contributed by atoms with van der Waals surface area (Å²) in [4.78, 5) is 7.61. The number of rotatable bonds is 3. The number of anilines is 1. The number of nitrogens with zero attached hydrogens (tertiary/aromatic N) is 2. The maximum absolute atomic E-state index is 4.42. The number of H-pyrrole nitrogens is 1. The Labute approximate surface area is 128 Å². The van der Waals surface area contributed by atoms with Gasteiger partial charge in [-0.25, -0.2) is 10.4 Å². The van der Waals surface area contributed by atoms with E-state index in [0.717, 1.165) is 29.4 Å². The van der Waals surface area contributed by atoms with E-state index in [9.17, 15) is 0 Å². The maximum Gasteiger partial charge on any atom is 0.222 e. The second-order valence-corrected chi connectivity index (χ2v) is 5.37. The molecule has 2 N–H and O–H groups in total. The molecule has 1 heterocycles. The number of aromatic amines is 1. The first-order valence-corrected chi connectivity index (χ1v) is 7.42. The van der Waals surface area contributed by atoms with Crippen molar-refractivity contribution in [3.05, 3.63) is 65.2 Å². The number of aromatic nitrogens is 2. The molecule has 0 unspecified atom stereocenters. The van der Waals surface area contributed by atoms with Crippen LogP contribution in [0.15, 0.2) is 53.6 Å². The summed E-state index contributed by atoms with van der Waals surface area (Å²) in [5.74, 6) is 0.648. The molecule has 1 aliphatic carbocycles. The topological polar surface area (TPSA) is 53.1 Å². The van der Waals surface area contributed by atoms with Crippen LogP contribution in [0.1, 0.15) is 23.1 Å². The smallest absolute Gasteiger partial charge is 0.222 e. The Morgan fingerprint density at radius 2 is 2.14 bits per heavy atom. The molecule has 22 heavy (non-hydrogen) atoms. The molecular weight excluding hydrogens is 272 g/mol. The molecule has 4 nitrogen and oxygen atoms in total. The van der Waals surface area contributed by atoms with Crippen molar-refractivity contribution in [1.29, 1.82) is 0 Å². The highest BCUT2D eigenvalue weighted by molar-refractivity contribution is 5.82. The molecule has 3 aromatic rings. The zero-order valence-electron chi connectivity index (χ0n) is 12.1. The minimum atomic E-state index is 0.648. The second-order valence-electron chi connectivity index (χ2n) is 5.37. The lowest BCUT2D eigenvalue weighted by Gasteiger charge is -2.10. The molecule has 4 heteroatoms. The van der Waals surface area contributed by atoms with Gasteiger partial charge < -0.3 is 4.98 Å². The van der Waals surface area contributed by atoms with E-state index in [1.165, 1.54) is 11.1 Å². The summed E-state index contributed by atoms with van der Waals surface area (Å²) in [5, 5.41) is 4.26. The Hall–Kier alpha value is -2.88. The Balaban J connectivity index is 1.51. The summed E-state index contributed by atoms with van der Waals surface area (Å²) in [6, 6.07) is 14.4. The van der Waals surface area contributed by atoms with Gasteiger partial charge in [-0.05, 0) is 47.7 Å². The molecule has 0 radical (unpaired) electrons. The molecule has 108 valence electrons. The predicted molar refractivity (Wildman–Crippen MR) is 91.1 cm³/mol. The quantitative estimate of drug-likeness (QED) is 0.566. The second kappa shape index (κ2) is 5.48. The highest BCUT2D eigenvalue weighted by atomic mass is 15.3. The van der Waals surface area contributed by atoms with E-state index in [-0.39, 0.29) is 0 Å². The van der Waals surface area contributed by atoms with Crippen molar-refractivity contribution in [2.24, 2.45) is 5.10 Å². The number of fused-ring (bicyclic) bond motifs is 2. The molecule has 1 aliphatic rings. The summed E-state index contributed by atoms with van der Waals surface area (Å²) in [6.45, 7) is 0. The molecule has 0 spiro atoms. The molecular formula is C18H16N4. The molecule has 1 aromatic heterocycles. The number of allylic oxidation sites excluding steroid dienone is 1. The lowest BCUT2D eigenvalue weighted by atomic mass is 9.96. The van der Waals surface area contributed by atoms with Crippen LogP contribution in [0.3, 0.4) is 0 Å². The molecule has 0 bridgehead atoms. The molecule has 0 aliphatic heterocycles. The summed E-state index contributed by atoms with van der Waals surface area (Å²) < 4.78 is 0. The number of aryl methyl sites for hydroxylation is 1. The van der Waals surface area contributed by atoms with Crippen LogP contribution < -0.4 is 5.43 Å². The molecule has 0 saturated heterocycles. The number of para-hydroxylation sites is 2. The molecule has 0 fully saturated rings. The molecule has 0 atom stereocenters. The average molecular weight is 288 g/mol. The van der Waals surface area contributed by atoms with E-state index in [4.69, 9.17) is 0 Å². The van der Waals surface area contributed by atoms with Crippen LogP contribution in [-0.4, -0.2) is 16.2 Å². The number of hydrazone groups is 1. The SMILES string of the molecule is C1=Cc2cc(/C=N/Nc3nc4ccccc4[nH]3)ccc2CC1. The Bertz CT molecular complexity index is 841. The summed E-state index contributed by atoms with van der Waals surface area (Å²) >= 11 is 0. The third kappa shape index (κ3) is 2.51. The molecule has 0 amide bonds. The van der Waals surface area contributed by atoms with E-state index in [2.05, 4.69) is 50.8 Å². The van der Waals surface area contributed by atoms with Crippen molar-refractivity contribution in [2.45, 2.75) is 12.8 Å². The summed E-state index contributed by atoms with van der Waals surface area (Å²) in [6.07, 6.45) is 8.48. The van der Waals surface area contributed by atoms with E-state index in [0.29, 0.717) is 5.95 Å².